The van der Waals surface area contributed by atoms with Gasteiger partial charge in [0.05, 0.1) is 68.6 Å². The summed E-state index contributed by atoms with van der Waals surface area (Å²) >= 11 is 0. The molecule has 3 fully saturated rings. The number of benzene rings is 1. The summed E-state index contributed by atoms with van der Waals surface area (Å²) in [5, 5.41) is 65.1. The highest BCUT2D eigenvalue weighted by Crippen LogP contribution is 2.30. The number of aromatic amines is 3. The highest BCUT2D eigenvalue weighted by Gasteiger charge is 2.37. The molecule has 0 aliphatic carbocycles. The Bertz CT molecular complexity index is 2480. The van der Waals surface area contributed by atoms with Crippen molar-refractivity contribution in [1.29, 1.82) is 0 Å². The maximum Gasteiger partial charge on any atom is 0.330 e. The molecule has 3 saturated heterocycles. The van der Waals surface area contributed by atoms with E-state index in [9.17, 15) is 49.2 Å². The molecule has 23 heteroatoms. The molecule has 3 aromatic heterocycles. The molecular formula is C40H54N6O17. The van der Waals surface area contributed by atoms with Crippen LogP contribution in [0.4, 0.5) is 0 Å². The van der Waals surface area contributed by atoms with Crippen LogP contribution in [0.25, 0.3) is 0 Å². The number of aliphatic hydroxyl groups is 7. The molecule has 4 unspecified atom stereocenters. The average Bonchev–Trinajstić information content (AvgIpc) is 3.95. The van der Waals surface area contributed by atoms with Crippen LogP contribution in [-0.2, 0) is 32.2 Å². The molecule has 0 radical (unpaired) electrons. The number of hydrogen-bond acceptors (Lipinski definition) is 17. The average molecular weight is 891 g/mol. The van der Waals surface area contributed by atoms with Crippen LogP contribution in [-0.4, -0.2) is 121 Å². The number of nitrogens with zero attached hydrogens (tertiary/aromatic N) is 3. The van der Waals surface area contributed by atoms with Gasteiger partial charge in [0.1, 0.15) is 37.0 Å². The van der Waals surface area contributed by atoms with Crippen molar-refractivity contribution in [3.63, 3.8) is 0 Å². The number of aliphatic hydroxyl groups excluding tert-OH is 7. The SMILES string of the molecule is CC(C)C(OCc1cn([C@H]2CC(O)[C@@H](CO)O2)c(=O)[nH]c1=O)c1ccccc1.Cc1cn([C@H]2CC(O)[C@@H](CO)O2)c(=O)[nH]c1=O.O=c1[nH]c(=O)n([C@H]2CC(O)[C@@H](CO)O2)cc1CO. The van der Waals surface area contributed by atoms with Crippen LogP contribution in [0.2, 0.25) is 0 Å². The van der Waals surface area contributed by atoms with Gasteiger partial charge in [-0.3, -0.25) is 43.0 Å². The van der Waals surface area contributed by atoms with E-state index in [1.165, 1.54) is 27.7 Å². The molecule has 0 bridgehead atoms. The fraction of sp³-hybridized carbons (Fsp3) is 0.550. The third-order valence-electron chi connectivity index (χ3n) is 10.6. The molecule has 0 amide bonds. The van der Waals surface area contributed by atoms with E-state index in [0.717, 1.165) is 10.1 Å². The van der Waals surface area contributed by atoms with Crippen molar-refractivity contribution in [3.8, 4) is 0 Å². The summed E-state index contributed by atoms with van der Waals surface area (Å²) in [6, 6.07) is 9.73. The Labute approximate surface area is 357 Å². The lowest BCUT2D eigenvalue weighted by Gasteiger charge is -2.22. The number of nitrogens with one attached hydrogen (secondary N) is 3. The number of rotatable bonds is 12. The fourth-order valence-electron chi connectivity index (χ4n) is 7.14. The van der Waals surface area contributed by atoms with Crippen LogP contribution in [0, 0.1) is 12.8 Å². The summed E-state index contributed by atoms with van der Waals surface area (Å²) in [6.45, 7) is 4.14. The van der Waals surface area contributed by atoms with Gasteiger partial charge in [0.25, 0.3) is 16.7 Å². The second-order valence-corrected chi connectivity index (χ2v) is 15.5. The molecule has 1 aromatic carbocycles. The summed E-state index contributed by atoms with van der Waals surface area (Å²) < 4.78 is 25.7. The standard InChI is InChI=1S/C20H26N2O6.C10H14N2O6.C10H14N2O5/c1-12(2)18(13-6-4-3-5-7-13)27-11-14-9-22(20(26)21-19(14)25)17-8-15(24)16(10-23)28-17;13-3-5-2-12(10(17)11-9(5)16)8-1-6(15)7(4-14)18-8;1-5-3-12(10(16)11-9(5)15)8-2-6(14)7(4-13)17-8/h3-7,9,12,15-18,23-24H,8,10-11H2,1-2H3,(H,21,25,26);2,6-8,13-15H,1,3-4H2,(H,11,16,17);3,6-8,13-14H,2,4H2,1H3,(H,11,15,16)/t15?,16-,17-,18?;2*6?,7-,8-/m111/s1. The Balaban J connectivity index is 0.000000187. The van der Waals surface area contributed by atoms with E-state index in [2.05, 4.69) is 15.0 Å². The summed E-state index contributed by atoms with van der Waals surface area (Å²) in [7, 11) is 0. The molecule has 3 aliphatic heterocycles. The first-order valence-electron chi connectivity index (χ1n) is 20.1. The molecule has 6 heterocycles. The first-order chi connectivity index (χ1) is 30.0. The van der Waals surface area contributed by atoms with E-state index in [1.807, 2.05) is 44.2 Å². The minimum absolute atomic E-state index is 0.0199. The van der Waals surface area contributed by atoms with Gasteiger partial charge in [0, 0.05) is 43.4 Å². The first-order valence-corrected chi connectivity index (χ1v) is 20.1. The predicted molar refractivity (Wildman–Crippen MR) is 218 cm³/mol. The summed E-state index contributed by atoms with van der Waals surface area (Å²) in [5.41, 5.74) is -1.82. The van der Waals surface area contributed by atoms with Gasteiger partial charge in [0.2, 0.25) is 0 Å². The monoisotopic (exact) mass is 890 g/mol. The van der Waals surface area contributed by atoms with Crippen molar-refractivity contribution < 1.29 is 54.7 Å². The van der Waals surface area contributed by atoms with Crippen LogP contribution in [0.15, 0.2) is 77.7 Å². The smallest absolute Gasteiger partial charge is 0.330 e. The molecule has 10 atom stereocenters. The molecule has 63 heavy (non-hydrogen) atoms. The number of aryl methyl sites for hydroxylation is 1. The van der Waals surface area contributed by atoms with Crippen molar-refractivity contribution in [2.45, 2.75) is 115 Å². The van der Waals surface area contributed by atoms with Gasteiger partial charge < -0.3 is 54.7 Å². The Hall–Kier alpha value is -5.18. The van der Waals surface area contributed by atoms with Gasteiger partial charge in [-0.05, 0) is 18.4 Å². The number of hydrogen-bond donors (Lipinski definition) is 10. The van der Waals surface area contributed by atoms with E-state index in [1.54, 1.807) is 6.92 Å². The van der Waals surface area contributed by atoms with Crippen LogP contribution < -0.4 is 33.7 Å². The highest BCUT2D eigenvalue weighted by molar-refractivity contribution is 5.18. The second kappa shape index (κ2) is 21.9. The van der Waals surface area contributed by atoms with Crippen molar-refractivity contribution in [1.82, 2.24) is 28.7 Å². The minimum atomic E-state index is -0.878. The van der Waals surface area contributed by atoms with Crippen LogP contribution >= 0.6 is 0 Å². The number of aromatic nitrogens is 6. The Morgan fingerprint density at radius 3 is 1.41 bits per heavy atom. The zero-order valence-corrected chi connectivity index (χ0v) is 34.7. The molecule has 346 valence electrons. The van der Waals surface area contributed by atoms with Gasteiger partial charge >= 0.3 is 17.1 Å². The van der Waals surface area contributed by atoms with Gasteiger partial charge in [-0.15, -0.1) is 0 Å². The zero-order chi connectivity index (χ0) is 46.1. The van der Waals surface area contributed by atoms with E-state index in [-0.39, 0.29) is 68.8 Å². The first kappa shape index (κ1) is 48.8. The van der Waals surface area contributed by atoms with Crippen LogP contribution in [0.5, 0.6) is 0 Å². The van der Waals surface area contributed by atoms with Crippen molar-refractivity contribution in [3.05, 3.63) is 134 Å². The quantitative estimate of drug-likeness (QED) is 0.0689. The Kier molecular flexibility index (Phi) is 17.0. The van der Waals surface area contributed by atoms with Crippen molar-refractivity contribution in [2.75, 3.05) is 19.8 Å². The molecule has 0 spiro atoms. The molecule has 4 aromatic rings. The molecular weight excluding hydrogens is 836 g/mol. The zero-order valence-electron chi connectivity index (χ0n) is 34.7. The Morgan fingerprint density at radius 2 is 1.02 bits per heavy atom. The number of ether oxygens (including phenoxy) is 4. The largest absolute Gasteiger partial charge is 0.394 e. The predicted octanol–water partition coefficient (Wildman–Crippen LogP) is -2.75. The highest BCUT2D eigenvalue weighted by atomic mass is 16.6. The lowest BCUT2D eigenvalue weighted by Crippen LogP contribution is -2.34. The molecule has 3 aliphatic rings. The Morgan fingerprint density at radius 1 is 0.619 bits per heavy atom. The normalized spacial score (nSPS) is 25.9. The van der Waals surface area contributed by atoms with Gasteiger partial charge in [0.15, 0.2) is 0 Å². The minimum Gasteiger partial charge on any atom is -0.394 e. The van der Waals surface area contributed by atoms with Gasteiger partial charge in [-0.1, -0.05) is 44.2 Å². The molecule has 0 saturated carbocycles. The summed E-state index contributed by atoms with van der Waals surface area (Å²) in [6.07, 6.45) is -2.71. The number of H-pyrrole nitrogens is 3. The van der Waals surface area contributed by atoms with Crippen LogP contribution in [0.3, 0.4) is 0 Å². The van der Waals surface area contributed by atoms with Crippen LogP contribution in [0.1, 0.15) is 80.2 Å². The third kappa shape index (κ3) is 11.9. The molecule has 23 nitrogen and oxygen atoms in total. The van der Waals surface area contributed by atoms with E-state index >= 15 is 0 Å². The van der Waals surface area contributed by atoms with Gasteiger partial charge in [-0.2, -0.15) is 0 Å². The van der Waals surface area contributed by atoms with E-state index in [4.69, 9.17) is 34.3 Å². The topological polar surface area (TPSA) is 343 Å². The lowest BCUT2D eigenvalue weighted by molar-refractivity contribution is -0.0463. The van der Waals surface area contributed by atoms with Gasteiger partial charge in [-0.25, -0.2) is 14.4 Å². The third-order valence-corrected chi connectivity index (χ3v) is 10.6. The second-order valence-electron chi connectivity index (χ2n) is 15.5. The lowest BCUT2D eigenvalue weighted by atomic mass is 9.99. The summed E-state index contributed by atoms with van der Waals surface area (Å²) in [5.74, 6) is 0.186. The molecule has 7 rings (SSSR count). The maximum absolute atomic E-state index is 12.2. The fourth-order valence-corrected chi connectivity index (χ4v) is 7.14. The maximum atomic E-state index is 12.2. The van der Waals surface area contributed by atoms with E-state index in [0.29, 0.717) is 5.56 Å². The van der Waals surface area contributed by atoms with Crippen molar-refractivity contribution >= 4 is 0 Å². The molecule has 10 N–H and O–H groups in total. The van der Waals surface area contributed by atoms with Crippen molar-refractivity contribution in [2.24, 2.45) is 5.92 Å². The summed E-state index contributed by atoms with van der Waals surface area (Å²) in [4.78, 5) is 76.5. The van der Waals surface area contributed by atoms with E-state index < -0.39 is 95.7 Å².